The zero-order valence-corrected chi connectivity index (χ0v) is 14.6. The van der Waals surface area contributed by atoms with Crippen LogP contribution in [0.4, 0.5) is 4.39 Å². The topological polar surface area (TPSA) is 70.5 Å². The number of aromatic amines is 1. The molecule has 134 valence electrons. The first-order valence-electron chi connectivity index (χ1n) is 8.58. The van der Waals surface area contributed by atoms with E-state index in [1.165, 1.54) is 16.6 Å². The lowest BCUT2D eigenvalue weighted by molar-refractivity contribution is 0.0786. The third-order valence-corrected chi connectivity index (χ3v) is 5.12. The minimum atomic E-state index is -0.506. The fourth-order valence-electron chi connectivity index (χ4n) is 3.45. The van der Waals surface area contributed by atoms with Gasteiger partial charge in [0.25, 0.3) is 11.5 Å². The predicted octanol–water partition coefficient (Wildman–Crippen LogP) is 2.41. The molecule has 0 spiro atoms. The predicted molar refractivity (Wildman–Crippen MR) is 94.9 cm³/mol. The standard InChI is InChI=1S/C19H19FN4O2/c1-11-12(2)21-17-9-16(22-24(17)18(11)25)13-7-8-23(10-13)19(26)14-5-3-4-6-15(14)20/h3-6,9,13,22H,7-8,10H2,1-2H3. The second-order valence-corrected chi connectivity index (χ2v) is 6.75. The molecular formula is C19H19FN4O2. The third-order valence-electron chi connectivity index (χ3n) is 5.12. The maximum absolute atomic E-state index is 13.9. The average Bonchev–Trinajstić information content (AvgIpc) is 3.26. The van der Waals surface area contributed by atoms with Crippen LogP contribution in [0.1, 0.15) is 39.6 Å². The number of hydrogen-bond donors (Lipinski definition) is 1. The van der Waals surface area contributed by atoms with E-state index in [4.69, 9.17) is 0 Å². The Balaban J connectivity index is 1.60. The highest BCUT2D eigenvalue weighted by atomic mass is 19.1. The molecule has 26 heavy (non-hydrogen) atoms. The zero-order valence-electron chi connectivity index (χ0n) is 14.6. The number of hydrogen-bond acceptors (Lipinski definition) is 3. The van der Waals surface area contributed by atoms with Crippen molar-refractivity contribution in [2.24, 2.45) is 0 Å². The Labute approximate surface area is 149 Å². The Morgan fingerprint density at radius 2 is 2.08 bits per heavy atom. The van der Waals surface area contributed by atoms with Crippen LogP contribution in [0.25, 0.3) is 5.65 Å². The second kappa shape index (κ2) is 6.09. The number of nitrogens with zero attached hydrogens (tertiary/aromatic N) is 3. The van der Waals surface area contributed by atoms with Gasteiger partial charge in [-0.25, -0.2) is 13.9 Å². The summed E-state index contributed by atoms with van der Waals surface area (Å²) in [5.74, 6) is -0.746. The molecule has 1 amide bonds. The van der Waals surface area contributed by atoms with Crippen molar-refractivity contribution in [1.82, 2.24) is 19.5 Å². The van der Waals surface area contributed by atoms with E-state index < -0.39 is 5.82 Å². The van der Waals surface area contributed by atoms with Crippen molar-refractivity contribution in [3.05, 3.63) is 69.0 Å². The number of amides is 1. The zero-order chi connectivity index (χ0) is 18.4. The van der Waals surface area contributed by atoms with Gasteiger partial charge in [0.15, 0.2) is 5.65 Å². The van der Waals surface area contributed by atoms with Crippen molar-refractivity contribution in [3.8, 4) is 0 Å². The maximum atomic E-state index is 13.9. The normalized spacial score (nSPS) is 17.2. The fraction of sp³-hybridized carbons (Fsp3) is 0.316. The first-order valence-corrected chi connectivity index (χ1v) is 8.58. The van der Waals surface area contributed by atoms with Gasteiger partial charge in [-0.3, -0.25) is 14.7 Å². The van der Waals surface area contributed by atoms with Gasteiger partial charge in [-0.15, -0.1) is 0 Å². The van der Waals surface area contributed by atoms with E-state index in [0.29, 0.717) is 30.0 Å². The molecule has 1 unspecified atom stereocenters. The average molecular weight is 354 g/mol. The molecule has 7 heteroatoms. The molecule has 1 aliphatic rings. The molecule has 2 aromatic heterocycles. The number of nitrogens with one attached hydrogen (secondary N) is 1. The van der Waals surface area contributed by atoms with E-state index in [9.17, 15) is 14.0 Å². The van der Waals surface area contributed by atoms with Crippen molar-refractivity contribution >= 4 is 11.6 Å². The molecule has 0 aliphatic carbocycles. The Morgan fingerprint density at radius 3 is 2.85 bits per heavy atom. The van der Waals surface area contributed by atoms with E-state index >= 15 is 0 Å². The summed E-state index contributed by atoms with van der Waals surface area (Å²) in [5, 5.41) is 3.11. The first-order chi connectivity index (χ1) is 12.5. The second-order valence-electron chi connectivity index (χ2n) is 6.75. The van der Waals surface area contributed by atoms with Crippen molar-refractivity contribution in [1.29, 1.82) is 0 Å². The van der Waals surface area contributed by atoms with Gasteiger partial charge in [-0.2, -0.15) is 0 Å². The van der Waals surface area contributed by atoms with Gasteiger partial charge in [0.2, 0.25) is 0 Å². The number of H-pyrrole nitrogens is 1. The van der Waals surface area contributed by atoms with E-state index in [2.05, 4.69) is 10.1 Å². The highest BCUT2D eigenvalue weighted by Crippen LogP contribution is 2.28. The largest absolute Gasteiger partial charge is 0.338 e. The number of aromatic nitrogens is 3. The van der Waals surface area contributed by atoms with E-state index in [-0.39, 0.29) is 22.9 Å². The molecule has 3 aromatic rings. The number of aryl methyl sites for hydroxylation is 1. The van der Waals surface area contributed by atoms with Crippen LogP contribution in [-0.2, 0) is 0 Å². The van der Waals surface area contributed by atoms with Crippen LogP contribution in [0.2, 0.25) is 0 Å². The minimum absolute atomic E-state index is 0.0624. The number of rotatable bonds is 2. The number of benzene rings is 1. The number of halogens is 1. The van der Waals surface area contributed by atoms with Crippen LogP contribution in [0.3, 0.4) is 0 Å². The van der Waals surface area contributed by atoms with Gasteiger partial charge in [-0.1, -0.05) is 12.1 Å². The molecule has 3 heterocycles. The van der Waals surface area contributed by atoms with Crippen LogP contribution in [0, 0.1) is 19.7 Å². The lowest BCUT2D eigenvalue weighted by Crippen LogP contribution is -2.29. The fourth-order valence-corrected chi connectivity index (χ4v) is 3.45. The Morgan fingerprint density at radius 1 is 1.31 bits per heavy atom. The molecule has 4 rings (SSSR count). The number of carbonyl (C=O) groups excluding carboxylic acids is 1. The molecule has 1 aromatic carbocycles. The summed E-state index contributed by atoms with van der Waals surface area (Å²) >= 11 is 0. The smallest absolute Gasteiger partial charge is 0.275 e. The highest BCUT2D eigenvalue weighted by Gasteiger charge is 2.30. The molecule has 1 aliphatic heterocycles. The lowest BCUT2D eigenvalue weighted by atomic mass is 10.1. The van der Waals surface area contributed by atoms with Gasteiger partial charge in [-0.05, 0) is 32.4 Å². The molecule has 6 nitrogen and oxygen atoms in total. The van der Waals surface area contributed by atoms with Crippen molar-refractivity contribution in [2.45, 2.75) is 26.2 Å². The molecule has 1 fully saturated rings. The molecule has 1 atom stereocenters. The lowest BCUT2D eigenvalue weighted by Gasteiger charge is -2.16. The third kappa shape index (κ3) is 2.60. The molecular weight excluding hydrogens is 335 g/mol. The Hall–Kier alpha value is -2.96. The van der Waals surface area contributed by atoms with Crippen molar-refractivity contribution < 1.29 is 9.18 Å². The summed E-state index contributed by atoms with van der Waals surface area (Å²) in [6.07, 6.45) is 0.750. The summed E-state index contributed by atoms with van der Waals surface area (Å²) < 4.78 is 15.3. The number of likely N-dealkylation sites (tertiary alicyclic amines) is 1. The van der Waals surface area contributed by atoms with Gasteiger partial charge >= 0.3 is 0 Å². The summed E-state index contributed by atoms with van der Waals surface area (Å²) in [6, 6.07) is 7.88. The Bertz CT molecular complexity index is 1070. The summed E-state index contributed by atoms with van der Waals surface area (Å²) in [7, 11) is 0. The van der Waals surface area contributed by atoms with Crippen LogP contribution in [-0.4, -0.2) is 38.5 Å². The Kier molecular flexibility index (Phi) is 3.86. The first kappa shape index (κ1) is 16.5. The number of carbonyl (C=O) groups is 1. The monoisotopic (exact) mass is 354 g/mol. The highest BCUT2D eigenvalue weighted by molar-refractivity contribution is 5.94. The van der Waals surface area contributed by atoms with Crippen LogP contribution in [0.15, 0.2) is 35.1 Å². The molecule has 1 saturated heterocycles. The molecule has 0 radical (unpaired) electrons. The van der Waals surface area contributed by atoms with E-state index in [1.54, 1.807) is 24.0 Å². The van der Waals surface area contributed by atoms with E-state index in [1.807, 2.05) is 13.0 Å². The quantitative estimate of drug-likeness (QED) is 0.768. The SMILES string of the molecule is Cc1nc2cc(C3CCN(C(=O)c4ccccc4F)C3)[nH]n2c(=O)c1C. The van der Waals surface area contributed by atoms with Crippen LogP contribution >= 0.6 is 0 Å². The van der Waals surface area contributed by atoms with Crippen molar-refractivity contribution in [3.63, 3.8) is 0 Å². The number of fused-ring (bicyclic) bond motifs is 1. The maximum Gasteiger partial charge on any atom is 0.275 e. The van der Waals surface area contributed by atoms with Gasteiger partial charge in [0.1, 0.15) is 5.82 Å². The van der Waals surface area contributed by atoms with Crippen molar-refractivity contribution in [2.75, 3.05) is 13.1 Å². The van der Waals surface area contributed by atoms with Gasteiger partial charge in [0.05, 0.1) is 5.56 Å². The summed E-state index contributed by atoms with van der Waals surface area (Å²) in [5.41, 5.74) is 2.74. The minimum Gasteiger partial charge on any atom is -0.338 e. The molecule has 0 saturated carbocycles. The summed E-state index contributed by atoms with van der Waals surface area (Å²) in [6.45, 7) is 4.59. The molecule has 0 bridgehead atoms. The van der Waals surface area contributed by atoms with Gasteiger partial charge in [0, 0.05) is 42.0 Å². The van der Waals surface area contributed by atoms with Gasteiger partial charge < -0.3 is 4.90 Å². The molecule has 1 N–H and O–H groups in total. The van der Waals surface area contributed by atoms with E-state index in [0.717, 1.165) is 12.1 Å². The van der Waals surface area contributed by atoms with Crippen LogP contribution in [0.5, 0.6) is 0 Å². The summed E-state index contributed by atoms with van der Waals surface area (Å²) in [4.78, 5) is 31.0. The van der Waals surface area contributed by atoms with Crippen LogP contribution < -0.4 is 5.56 Å².